The summed E-state index contributed by atoms with van der Waals surface area (Å²) in [6.07, 6.45) is 2.17. The maximum atomic E-state index is 13.7. The van der Waals surface area contributed by atoms with Gasteiger partial charge in [-0.15, -0.1) is 0 Å². The van der Waals surface area contributed by atoms with E-state index in [4.69, 9.17) is 9.47 Å². The second kappa shape index (κ2) is 7.56. The topological polar surface area (TPSA) is 30.5 Å². The van der Waals surface area contributed by atoms with Crippen molar-refractivity contribution in [2.75, 3.05) is 20.3 Å². The summed E-state index contributed by atoms with van der Waals surface area (Å²) < 4.78 is 25.5. The molecule has 3 atom stereocenters. The van der Waals surface area contributed by atoms with Crippen LogP contribution in [-0.4, -0.2) is 26.4 Å². The zero-order valence-electron chi connectivity index (χ0n) is 12.8. The number of ether oxygens (including phenoxy) is 2. The second-order valence-corrected chi connectivity index (χ2v) is 6.40. The van der Waals surface area contributed by atoms with Gasteiger partial charge in [-0.05, 0) is 47.3 Å². The van der Waals surface area contributed by atoms with Crippen LogP contribution < -0.4 is 10.1 Å². The van der Waals surface area contributed by atoms with Crippen molar-refractivity contribution in [3.05, 3.63) is 28.0 Å². The van der Waals surface area contributed by atoms with Gasteiger partial charge < -0.3 is 14.8 Å². The third-order valence-corrected chi connectivity index (χ3v) is 4.60. The smallest absolute Gasteiger partial charge is 0.141 e. The SMILES string of the molecule is CCCNC(c1cc(Br)c(F)cc1OC)C1OCCC1C. The highest BCUT2D eigenvalue weighted by molar-refractivity contribution is 9.10. The van der Waals surface area contributed by atoms with Crippen molar-refractivity contribution >= 4 is 15.9 Å². The van der Waals surface area contributed by atoms with Crippen LogP contribution in [0.4, 0.5) is 4.39 Å². The van der Waals surface area contributed by atoms with Crippen LogP contribution in [0.5, 0.6) is 5.75 Å². The molecule has 0 bridgehead atoms. The van der Waals surface area contributed by atoms with Gasteiger partial charge >= 0.3 is 0 Å². The van der Waals surface area contributed by atoms with Crippen molar-refractivity contribution in [2.45, 2.75) is 38.8 Å². The summed E-state index contributed by atoms with van der Waals surface area (Å²) in [5, 5.41) is 3.53. The number of rotatable bonds is 6. The Hall–Kier alpha value is -0.650. The number of halogens is 2. The Morgan fingerprint density at radius 1 is 1.52 bits per heavy atom. The Morgan fingerprint density at radius 3 is 2.86 bits per heavy atom. The average Bonchev–Trinajstić information content (AvgIpc) is 2.89. The van der Waals surface area contributed by atoms with Crippen LogP contribution in [0, 0.1) is 11.7 Å². The first-order valence-corrected chi connectivity index (χ1v) is 8.25. The van der Waals surface area contributed by atoms with Gasteiger partial charge in [-0.1, -0.05) is 13.8 Å². The monoisotopic (exact) mass is 359 g/mol. The van der Waals surface area contributed by atoms with Gasteiger partial charge in [-0.2, -0.15) is 0 Å². The lowest BCUT2D eigenvalue weighted by molar-refractivity contribution is 0.0599. The molecule has 1 saturated heterocycles. The molecule has 3 nitrogen and oxygen atoms in total. The number of hydrogen-bond donors (Lipinski definition) is 1. The minimum absolute atomic E-state index is 0.00861. The number of nitrogens with one attached hydrogen (secondary N) is 1. The maximum absolute atomic E-state index is 13.7. The Bertz CT molecular complexity index is 484. The normalized spacial score (nSPS) is 23.3. The quantitative estimate of drug-likeness (QED) is 0.830. The molecule has 1 heterocycles. The van der Waals surface area contributed by atoms with Crippen molar-refractivity contribution in [3.63, 3.8) is 0 Å². The maximum Gasteiger partial charge on any atom is 0.141 e. The molecule has 1 aliphatic rings. The van der Waals surface area contributed by atoms with Crippen LogP contribution in [0.15, 0.2) is 16.6 Å². The lowest BCUT2D eigenvalue weighted by atomic mass is 9.91. The zero-order chi connectivity index (χ0) is 15.4. The van der Waals surface area contributed by atoms with E-state index in [-0.39, 0.29) is 18.0 Å². The van der Waals surface area contributed by atoms with E-state index < -0.39 is 0 Å². The molecule has 118 valence electrons. The van der Waals surface area contributed by atoms with Crippen LogP contribution >= 0.6 is 15.9 Å². The summed E-state index contributed by atoms with van der Waals surface area (Å²) >= 11 is 3.27. The summed E-state index contributed by atoms with van der Waals surface area (Å²) in [7, 11) is 1.57. The molecule has 0 aliphatic carbocycles. The Labute approximate surface area is 134 Å². The lowest BCUT2D eigenvalue weighted by Crippen LogP contribution is -2.35. The first-order valence-electron chi connectivity index (χ1n) is 7.46. The Balaban J connectivity index is 2.37. The van der Waals surface area contributed by atoms with Gasteiger partial charge in [-0.25, -0.2) is 4.39 Å². The summed E-state index contributed by atoms with van der Waals surface area (Å²) in [5.74, 6) is 0.713. The van der Waals surface area contributed by atoms with Crippen molar-refractivity contribution in [2.24, 2.45) is 5.92 Å². The summed E-state index contributed by atoms with van der Waals surface area (Å²) in [6, 6.07) is 3.24. The number of methoxy groups -OCH3 is 1. The van der Waals surface area contributed by atoms with Gasteiger partial charge in [0.15, 0.2) is 0 Å². The van der Waals surface area contributed by atoms with Gasteiger partial charge in [0.1, 0.15) is 11.6 Å². The highest BCUT2D eigenvalue weighted by Gasteiger charge is 2.34. The van der Waals surface area contributed by atoms with E-state index in [0.717, 1.165) is 31.6 Å². The largest absolute Gasteiger partial charge is 0.496 e. The molecule has 1 N–H and O–H groups in total. The standard InChI is InChI=1S/C16H23BrFNO2/c1-4-6-19-15(16-10(2)5-7-21-16)11-8-12(17)13(18)9-14(11)20-3/h8-10,15-16,19H,4-7H2,1-3H3. The molecule has 1 aromatic rings. The third kappa shape index (κ3) is 3.76. The molecule has 0 saturated carbocycles. The first kappa shape index (κ1) is 16.7. The summed E-state index contributed by atoms with van der Waals surface area (Å²) in [4.78, 5) is 0. The van der Waals surface area contributed by atoms with Gasteiger partial charge in [0.2, 0.25) is 0 Å². The lowest BCUT2D eigenvalue weighted by Gasteiger charge is -2.29. The highest BCUT2D eigenvalue weighted by atomic mass is 79.9. The molecule has 0 radical (unpaired) electrons. The van der Waals surface area contributed by atoms with Gasteiger partial charge in [-0.3, -0.25) is 0 Å². The van der Waals surface area contributed by atoms with E-state index in [2.05, 4.69) is 35.1 Å². The Morgan fingerprint density at radius 2 is 2.29 bits per heavy atom. The fourth-order valence-electron chi connectivity index (χ4n) is 2.81. The molecule has 21 heavy (non-hydrogen) atoms. The highest BCUT2D eigenvalue weighted by Crippen LogP contribution is 2.37. The fourth-order valence-corrected chi connectivity index (χ4v) is 3.17. The van der Waals surface area contributed by atoms with Crippen LogP contribution in [0.1, 0.15) is 38.3 Å². The van der Waals surface area contributed by atoms with E-state index in [9.17, 15) is 4.39 Å². The molecule has 1 aliphatic heterocycles. The van der Waals surface area contributed by atoms with Gasteiger partial charge in [0, 0.05) is 18.2 Å². The molecule has 3 unspecified atom stereocenters. The van der Waals surface area contributed by atoms with Crippen LogP contribution in [0.25, 0.3) is 0 Å². The van der Waals surface area contributed by atoms with Gasteiger partial charge in [0.05, 0.1) is 23.7 Å². The average molecular weight is 360 g/mol. The number of benzene rings is 1. The molecule has 5 heteroatoms. The first-order chi connectivity index (χ1) is 10.1. The summed E-state index contributed by atoms with van der Waals surface area (Å²) in [6.45, 7) is 5.99. The van der Waals surface area contributed by atoms with E-state index in [1.54, 1.807) is 13.2 Å². The fraction of sp³-hybridized carbons (Fsp3) is 0.625. The van der Waals surface area contributed by atoms with Crippen LogP contribution in [0.2, 0.25) is 0 Å². The molecule has 0 spiro atoms. The molecular weight excluding hydrogens is 337 g/mol. The predicted octanol–water partition coefficient (Wildman–Crippen LogP) is 4.06. The van der Waals surface area contributed by atoms with Gasteiger partial charge in [0.25, 0.3) is 0 Å². The van der Waals surface area contributed by atoms with Crippen molar-refractivity contribution in [1.29, 1.82) is 0 Å². The predicted molar refractivity (Wildman–Crippen MR) is 85.2 cm³/mol. The third-order valence-electron chi connectivity index (χ3n) is 3.99. The minimum Gasteiger partial charge on any atom is -0.496 e. The van der Waals surface area contributed by atoms with E-state index in [1.807, 2.05) is 0 Å². The molecule has 1 aromatic carbocycles. The molecule has 2 rings (SSSR count). The van der Waals surface area contributed by atoms with Crippen molar-refractivity contribution < 1.29 is 13.9 Å². The van der Waals surface area contributed by atoms with E-state index in [0.29, 0.717) is 16.1 Å². The number of hydrogen-bond acceptors (Lipinski definition) is 3. The van der Waals surface area contributed by atoms with E-state index in [1.165, 1.54) is 6.07 Å². The molecular formula is C16H23BrFNO2. The Kier molecular flexibility index (Phi) is 6.02. The van der Waals surface area contributed by atoms with E-state index >= 15 is 0 Å². The molecule has 0 aromatic heterocycles. The molecule has 1 fully saturated rings. The second-order valence-electron chi connectivity index (χ2n) is 5.54. The van der Waals surface area contributed by atoms with Crippen molar-refractivity contribution in [1.82, 2.24) is 5.32 Å². The zero-order valence-corrected chi connectivity index (χ0v) is 14.4. The minimum atomic E-state index is -0.315. The molecule has 0 amide bonds. The summed E-state index contributed by atoms with van der Waals surface area (Å²) in [5.41, 5.74) is 0.943. The van der Waals surface area contributed by atoms with Crippen molar-refractivity contribution in [3.8, 4) is 5.75 Å². The van der Waals surface area contributed by atoms with Crippen LogP contribution in [0.3, 0.4) is 0 Å². The van der Waals surface area contributed by atoms with Crippen LogP contribution in [-0.2, 0) is 4.74 Å².